The number of methoxy groups -OCH3 is 1. The van der Waals surface area contributed by atoms with Crippen molar-refractivity contribution in [3.05, 3.63) is 71.2 Å². The highest BCUT2D eigenvalue weighted by Crippen LogP contribution is 2.33. The van der Waals surface area contributed by atoms with Gasteiger partial charge < -0.3 is 14.5 Å². The first-order valence-electron chi connectivity index (χ1n) is 8.68. The van der Waals surface area contributed by atoms with E-state index in [4.69, 9.17) is 21.1 Å². The molecule has 30 heavy (non-hydrogen) atoms. The lowest BCUT2D eigenvalue weighted by atomic mass is 10.1. The van der Waals surface area contributed by atoms with Crippen molar-refractivity contribution < 1.29 is 13.9 Å². The molecule has 0 bridgehead atoms. The van der Waals surface area contributed by atoms with Gasteiger partial charge in [0.15, 0.2) is 11.5 Å². The maximum absolute atomic E-state index is 13.9. The molecule has 0 aliphatic heterocycles. The molecular formula is C21H13ClFN5O2. The van der Waals surface area contributed by atoms with Crippen LogP contribution in [0.15, 0.2) is 48.7 Å². The monoisotopic (exact) mass is 421 g/mol. The van der Waals surface area contributed by atoms with Crippen molar-refractivity contribution >= 4 is 34.3 Å². The Kier molecular flexibility index (Phi) is 5.28. The van der Waals surface area contributed by atoms with Crippen LogP contribution in [0.25, 0.3) is 22.7 Å². The number of hydrogen-bond donors (Lipinski definition) is 1. The van der Waals surface area contributed by atoms with Crippen LogP contribution in [-0.4, -0.2) is 27.0 Å². The Labute approximate surface area is 175 Å². The van der Waals surface area contributed by atoms with Gasteiger partial charge in [-0.05, 0) is 47.5 Å². The summed E-state index contributed by atoms with van der Waals surface area (Å²) in [4.78, 5) is 14.8. The minimum absolute atomic E-state index is 0.144. The lowest BCUT2D eigenvalue weighted by Gasteiger charge is -2.11. The fourth-order valence-electron chi connectivity index (χ4n) is 2.77. The molecule has 0 saturated heterocycles. The van der Waals surface area contributed by atoms with E-state index in [0.29, 0.717) is 22.7 Å². The van der Waals surface area contributed by atoms with E-state index in [-0.39, 0.29) is 16.9 Å². The molecule has 0 aliphatic carbocycles. The molecule has 2 aromatic heterocycles. The average molecular weight is 422 g/mol. The molecule has 4 aromatic rings. The molecule has 4 rings (SSSR count). The molecule has 2 aromatic carbocycles. The predicted octanol–water partition coefficient (Wildman–Crippen LogP) is 5.01. The van der Waals surface area contributed by atoms with Crippen molar-refractivity contribution in [1.29, 1.82) is 5.26 Å². The number of hydrogen-bond acceptors (Lipinski definition) is 6. The number of allylic oxidation sites excluding steroid dienone is 1. The normalized spacial score (nSPS) is 11.3. The Balaban J connectivity index is 1.67. The number of H-pyrrole nitrogens is 1. The van der Waals surface area contributed by atoms with Crippen LogP contribution in [-0.2, 0) is 0 Å². The number of rotatable bonds is 5. The number of nitrogens with one attached hydrogen (secondary N) is 1. The number of aromatic amines is 1. The average Bonchev–Trinajstić information content (AvgIpc) is 3.19. The van der Waals surface area contributed by atoms with E-state index < -0.39 is 5.82 Å². The number of nitriles is 1. The second-order valence-corrected chi connectivity index (χ2v) is 6.41. The summed E-state index contributed by atoms with van der Waals surface area (Å²) in [6.07, 6.45) is 2.58. The number of fused-ring (bicyclic) bond motifs is 1. The zero-order chi connectivity index (χ0) is 21.1. The van der Waals surface area contributed by atoms with Crippen LogP contribution in [0, 0.1) is 17.1 Å². The minimum Gasteiger partial charge on any atom is -0.493 e. The third-order valence-corrected chi connectivity index (χ3v) is 4.33. The topological polar surface area (TPSA) is 96.7 Å². The molecule has 0 amide bonds. The Morgan fingerprint density at radius 1 is 1.20 bits per heavy atom. The molecule has 0 spiro atoms. The fourth-order valence-corrected chi connectivity index (χ4v) is 2.89. The first-order chi connectivity index (χ1) is 14.6. The maximum atomic E-state index is 13.9. The molecule has 0 saturated carbocycles. The van der Waals surface area contributed by atoms with E-state index >= 15 is 0 Å². The van der Waals surface area contributed by atoms with Crippen LogP contribution >= 0.6 is 11.6 Å². The quantitative estimate of drug-likeness (QED) is 0.359. The molecule has 7 nitrogen and oxygen atoms in total. The van der Waals surface area contributed by atoms with Gasteiger partial charge in [0.05, 0.1) is 29.9 Å². The van der Waals surface area contributed by atoms with E-state index in [1.807, 2.05) is 24.3 Å². The number of benzene rings is 2. The van der Waals surface area contributed by atoms with Crippen molar-refractivity contribution in [1.82, 2.24) is 19.9 Å². The molecule has 9 heteroatoms. The van der Waals surface area contributed by atoms with Crippen LogP contribution in [0.1, 0.15) is 11.4 Å². The fraction of sp³-hybridized carbons (Fsp3) is 0.0476. The molecule has 1 N–H and O–H groups in total. The van der Waals surface area contributed by atoms with Gasteiger partial charge in [0.1, 0.15) is 11.9 Å². The van der Waals surface area contributed by atoms with E-state index in [9.17, 15) is 9.65 Å². The molecule has 0 atom stereocenters. The van der Waals surface area contributed by atoms with Gasteiger partial charge in [-0.25, -0.2) is 9.97 Å². The number of para-hydroxylation sites is 2. The van der Waals surface area contributed by atoms with Crippen molar-refractivity contribution in [3.63, 3.8) is 0 Å². The molecule has 0 aliphatic rings. The van der Waals surface area contributed by atoms with Crippen LogP contribution in [0.5, 0.6) is 17.4 Å². The van der Waals surface area contributed by atoms with Gasteiger partial charge >= 0.3 is 0 Å². The first kappa shape index (κ1) is 19.4. The molecule has 2 heterocycles. The number of halogens is 2. The standard InChI is InChI=1S/C21H13ClFN5O2/c1-29-18-9-12(6-7-17(18)30-20-14(23)11-25-21(22)28-20)8-13(10-24)19-26-15-4-2-3-5-16(15)27-19/h2-9,11H,1H3,(H,26,27). The van der Waals surface area contributed by atoms with Gasteiger partial charge in [0.25, 0.3) is 5.88 Å². The SMILES string of the molecule is COc1cc(C=C(C#N)c2nc3ccccc3[nH]2)ccc1Oc1nc(Cl)ncc1F. The largest absolute Gasteiger partial charge is 0.493 e. The summed E-state index contributed by atoms with van der Waals surface area (Å²) in [5.74, 6) is -0.0836. The summed E-state index contributed by atoms with van der Waals surface area (Å²) in [6.45, 7) is 0. The minimum atomic E-state index is -0.762. The molecular weight excluding hydrogens is 409 g/mol. The number of nitrogens with zero attached hydrogens (tertiary/aromatic N) is 4. The molecule has 0 radical (unpaired) electrons. The van der Waals surface area contributed by atoms with Crippen LogP contribution < -0.4 is 9.47 Å². The van der Waals surface area contributed by atoms with Crippen molar-refractivity contribution in [3.8, 4) is 23.4 Å². The summed E-state index contributed by atoms with van der Waals surface area (Å²) in [5, 5.41) is 9.45. The molecule has 0 unspecified atom stereocenters. The number of imidazole rings is 1. The highest BCUT2D eigenvalue weighted by molar-refractivity contribution is 6.28. The summed E-state index contributed by atoms with van der Waals surface area (Å²) in [6, 6.07) is 14.6. The van der Waals surface area contributed by atoms with Gasteiger partial charge in [-0.15, -0.1) is 0 Å². The van der Waals surface area contributed by atoms with Crippen LogP contribution in [0.2, 0.25) is 5.28 Å². The predicted molar refractivity (Wildman–Crippen MR) is 110 cm³/mol. The van der Waals surface area contributed by atoms with E-state index in [1.54, 1.807) is 24.3 Å². The van der Waals surface area contributed by atoms with E-state index in [1.165, 1.54) is 7.11 Å². The van der Waals surface area contributed by atoms with Gasteiger partial charge in [0.2, 0.25) is 11.1 Å². The highest BCUT2D eigenvalue weighted by Gasteiger charge is 2.13. The smallest absolute Gasteiger partial charge is 0.260 e. The first-order valence-corrected chi connectivity index (χ1v) is 9.06. The number of aromatic nitrogens is 4. The van der Waals surface area contributed by atoms with Crippen LogP contribution in [0.3, 0.4) is 0 Å². The van der Waals surface area contributed by atoms with Crippen molar-refractivity contribution in [2.45, 2.75) is 0 Å². The Bertz CT molecular complexity index is 1280. The summed E-state index contributed by atoms with van der Waals surface area (Å²) >= 11 is 5.70. The molecule has 148 valence electrons. The summed E-state index contributed by atoms with van der Waals surface area (Å²) in [7, 11) is 1.45. The number of ether oxygens (including phenoxy) is 2. The highest BCUT2D eigenvalue weighted by atomic mass is 35.5. The van der Waals surface area contributed by atoms with Gasteiger partial charge in [-0.1, -0.05) is 18.2 Å². The zero-order valence-electron chi connectivity index (χ0n) is 15.6. The second kappa shape index (κ2) is 8.19. The third kappa shape index (κ3) is 3.92. The van der Waals surface area contributed by atoms with E-state index in [2.05, 4.69) is 26.0 Å². The van der Waals surface area contributed by atoms with Gasteiger partial charge in [0, 0.05) is 0 Å². The Morgan fingerprint density at radius 3 is 2.80 bits per heavy atom. The maximum Gasteiger partial charge on any atom is 0.260 e. The van der Waals surface area contributed by atoms with Crippen molar-refractivity contribution in [2.24, 2.45) is 0 Å². The van der Waals surface area contributed by atoms with Crippen LogP contribution in [0.4, 0.5) is 4.39 Å². The lowest BCUT2D eigenvalue weighted by Crippen LogP contribution is -1.97. The molecule has 0 fully saturated rings. The van der Waals surface area contributed by atoms with Crippen molar-refractivity contribution in [2.75, 3.05) is 7.11 Å². The van der Waals surface area contributed by atoms with Gasteiger partial charge in [-0.2, -0.15) is 14.6 Å². The second-order valence-electron chi connectivity index (χ2n) is 6.08. The Hall–Kier alpha value is -3.96. The van der Waals surface area contributed by atoms with Gasteiger partial charge in [-0.3, -0.25) is 0 Å². The third-order valence-electron chi connectivity index (χ3n) is 4.15. The van der Waals surface area contributed by atoms with E-state index in [0.717, 1.165) is 17.2 Å². The lowest BCUT2D eigenvalue weighted by molar-refractivity contribution is 0.363. The summed E-state index contributed by atoms with van der Waals surface area (Å²) < 4.78 is 24.7. The summed E-state index contributed by atoms with van der Waals surface area (Å²) in [5.41, 5.74) is 2.61. The zero-order valence-corrected chi connectivity index (χ0v) is 16.3. The Morgan fingerprint density at radius 2 is 2.03 bits per heavy atom.